The summed E-state index contributed by atoms with van der Waals surface area (Å²) in [5, 5.41) is 15.7. The van der Waals surface area contributed by atoms with Gasteiger partial charge in [0.25, 0.3) is 5.22 Å². The van der Waals surface area contributed by atoms with Crippen molar-refractivity contribution in [3.05, 3.63) is 40.9 Å². The summed E-state index contributed by atoms with van der Waals surface area (Å²) >= 11 is 7.76. The summed E-state index contributed by atoms with van der Waals surface area (Å²) in [4.78, 5) is 7.05. The molecule has 1 aliphatic rings. The Morgan fingerprint density at radius 1 is 1.19 bits per heavy atom. The Kier molecular flexibility index (Phi) is 4.26. The number of benzene rings is 1. The Bertz CT molecular complexity index is 1130. The number of aromatic nitrogens is 5. The van der Waals surface area contributed by atoms with Gasteiger partial charge in [0.05, 0.1) is 17.8 Å². The second kappa shape index (κ2) is 6.78. The molecule has 0 bridgehead atoms. The summed E-state index contributed by atoms with van der Waals surface area (Å²) in [7, 11) is 0. The molecule has 9 heteroatoms. The minimum atomic E-state index is 0.485. The number of hydrogen-bond acceptors (Lipinski definition) is 7. The van der Waals surface area contributed by atoms with Gasteiger partial charge in [-0.15, -0.1) is 10.2 Å². The quantitative estimate of drug-likeness (QED) is 0.480. The van der Waals surface area contributed by atoms with E-state index >= 15 is 0 Å². The van der Waals surface area contributed by atoms with Gasteiger partial charge in [0.1, 0.15) is 10.0 Å². The zero-order chi connectivity index (χ0) is 18.4. The molecule has 3 aromatic heterocycles. The third kappa shape index (κ3) is 3.07. The Morgan fingerprint density at radius 2 is 2.00 bits per heavy atom. The molecule has 5 rings (SSSR count). The minimum Gasteiger partial charge on any atom is -0.414 e. The molecule has 138 valence electrons. The second-order valence-corrected chi connectivity index (χ2v) is 7.93. The molecule has 4 heterocycles. The summed E-state index contributed by atoms with van der Waals surface area (Å²) < 4.78 is 7.63. The van der Waals surface area contributed by atoms with Gasteiger partial charge in [0.15, 0.2) is 5.65 Å². The van der Waals surface area contributed by atoms with E-state index in [-0.39, 0.29) is 0 Å². The molecule has 0 unspecified atom stereocenters. The lowest BCUT2D eigenvalue weighted by Gasteiger charge is -2.10. The van der Waals surface area contributed by atoms with E-state index in [1.807, 2.05) is 31.2 Å². The maximum absolute atomic E-state index is 6.40. The monoisotopic (exact) mass is 400 g/mol. The first kappa shape index (κ1) is 17.0. The number of fused-ring (bicyclic) bond motifs is 3. The number of halogens is 1. The first-order chi connectivity index (χ1) is 13.2. The van der Waals surface area contributed by atoms with Gasteiger partial charge in [-0.05, 0) is 50.7 Å². The Hall–Kier alpha value is -2.16. The van der Waals surface area contributed by atoms with Crippen LogP contribution in [0.2, 0.25) is 5.02 Å². The zero-order valence-corrected chi connectivity index (χ0v) is 16.3. The van der Waals surface area contributed by atoms with Crippen molar-refractivity contribution in [2.45, 2.75) is 36.6 Å². The van der Waals surface area contributed by atoms with Gasteiger partial charge in [-0.2, -0.15) is 5.10 Å². The van der Waals surface area contributed by atoms with Crippen molar-refractivity contribution in [3.63, 3.8) is 0 Å². The van der Waals surface area contributed by atoms with Crippen LogP contribution < -0.4 is 0 Å². The maximum Gasteiger partial charge on any atom is 0.283 e. The fourth-order valence-corrected chi connectivity index (χ4v) is 4.35. The molecule has 1 aliphatic heterocycles. The maximum atomic E-state index is 6.40. The summed E-state index contributed by atoms with van der Waals surface area (Å²) in [6.07, 6.45) is 2.47. The summed E-state index contributed by atoms with van der Waals surface area (Å²) in [5.74, 6) is 0.642. The van der Waals surface area contributed by atoms with Crippen LogP contribution in [0.1, 0.15) is 24.4 Å². The predicted molar refractivity (Wildman–Crippen MR) is 103 cm³/mol. The highest BCUT2D eigenvalue weighted by Gasteiger charge is 2.19. The molecule has 27 heavy (non-hydrogen) atoms. The molecule has 0 amide bonds. The Balaban J connectivity index is 1.52. The summed E-state index contributed by atoms with van der Waals surface area (Å²) in [6, 6.07) is 7.96. The number of para-hydroxylation sites is 1. The van der Waals surface area contributed by atoms with Crippen molar-refractivity contribution in [2.75, 3.05) is 13.1 Å². The number of likely N-dealkylation sites (tertiary alicyclic amines) is 1. The van der Waals surface area contributed by atoms with E-state index in [0.717, 1.165) is 34.7 Å². The highest BCUT2D eigenvalue weighted by Crippen LogP contribution is 2.34. The lowest BCUT2D eigenvalue weighted by Crippen LogP contribution is -2.18. The van der Waals surface area contributed by atoms with Gasteiger partial charge in [-0.25, -0.2) is 9.50 Å². The smallest absolute Gasteiger partial charge is 0.283 e. The molecule has 1 saturated heterocycles. The van der Waals surface area contributed by atoms with Crippen LogP contribution in [-0.2, 0) is 6.54 Å². The molecular weight excluding hydrogens is 384 g/mol. The van der Waals surface area contributed by atoms with Crippen LogP contribution in [0.4, 0.5) is 0 Å². The first-order valence-corrected chi connectivity index (χ1v) is 10.0. The van der Waals surface area contributed by atoms with Crippen LogP contribution >= 0.6 is 23.4 Å². The minimum absolute atomic E-state index is 0.485. The number of aryl methyl sites for hydroxylation is 1. The molecule has 1 fully saturated rings. The van der Waals surface area contributed by atoms with Crippen LogP contribution in [0.3, 0.4) is 0 Å². The summed E-state index contributed by atoms with van der Waals surface area (Å²) in [6.45, 7) is 4.76. The van der Waals surface area contributed by atoms with Gasteiger partial charge >= 0.3 is 0 Å². The molecule has 7 nitrogen and oxygen atoms in total. The largest absolute Gasteiger partial charge is 0.414 e. The molecule has 1 aromatic carbocycles. The van der Waals surface area contributed by atoms with Gasteiger partial charge in [0.2, 0.25) is 5.89 Å². The molecule has 4 aromatic rings. The van der Waals surface area contributed by atoms with Crippen molar-refractivity contribution >= 4 is 39.9 Å². The van der Waals surface area contributed by atoms with Crippen LogP contribution in [0.15, 0.2) is 38.9 Å². The number of rotatable bonds is 4. The van der Waals surface area contributed by atoms with E-state index in [1.165, 1.54) is 24.6 Å². The fraction of sp³-hybridized carbons (Fsp3) is 0.333. The van der Waals surface area contributed by atoms with E-state index in [4.69, 9.17) is 21.0 Å². The predicted octanol–water partition coefficient (Wildman–Crippen LogP) is 3.97. The average molecular weight is 401 g/mol. The van der Waals surface area contributed by atoms with Crippen LogP contribution in [0, 0.1) is 6.92 Å². The molecule has 0 aliphatic carbocycles. The molecule has 0 saturated carbocycles. The Labute approximate surface area is 164 Å². The van der Waals surface area contributed by atoms with Crippen LogP contribution in [0.25, 0.3) is 16.6 Å². The van der Waals surface area contributed by atoms with Crippen molar-refractivity contribution in [2.24, 2.45) is 0 Å². The first-order valence-electron chi connectivity index (χ1n) is 8.85. The van der Waals surface area contributed by atoms with Crippen LogP contribution in [0.5, 0.6) is 0 Å². The average Bonchev–Trinajstić information content (AvgIpc) is 3.40. The third-order valence-electron chi connectivity index (χ3n) is 4.72. The van der Waals surface area contributed by atoms with Crippen LogP contribution in [-0.4, -0.2) is 42.8 Å². The lowest BCUT2D eigenvalue weighted by atomic mass is 10.2. The van der Waals surface area contributed by atoms with Gasteiger partial charge in [0, 0.05) is 5.39 Å². The molecule has 0 atom stereocenters. The fourth-order valence-electron chi connectivity index (χ4n) is 3.39. The lowest BCUT2D eigenvalue weighted by molar-refractivity contribution is 0.278. The van der Waals surface area contributed by atoms with Crippen molar-refractivity contribution in [1.29, 1.82) is 0 Å². The highest BCUT2D eigenvalue weighted by atomic mass is 35.5. The van der Waals surface area contributed by atoms with Crippen molar-refractivity contribution < 1.29 is 4.42 Å². The standard InChI is InChI=1S/C18H17ClN6OS/c1-11-15(19)16-20-17(12-6-2-3-7-13(12)25(16)23-11)27-18-22-21-14(26-18)10-24-8-4-5-9-24/h2-3,6-7H,4-5,8-10H2,1H3. The SMILES string of the molecule is Cc1nn2c(nc(Sc3nnc(CN4CCCC4)o3)c3ccccc32)c1Cl. The zero-order valence-electron chi connectivity index (χ0n) is 14.7. The molecular formula is C18H17ClN6OS. The molecule has 0 radical (unpaired) electrons. The topological polar surface area (TPSA) is 72.3 Å². The summed E-state index contributed by atoms with van der Waals surface area (Å²) in [5.41, 5.74) is 2.33. The third-order valence-corrected chi connectivity index (χ3v) is 6.01. The Morgan fingerprint density at radius 3 is 2.85 bits per heavy atom. The van der Waals surface area contributed by atoms with E-state index in [9.17, 15) is 0 Å². The van der Waals surface area contributed by atoms with E-state index in [0.29, 0.717) is 28.3 Å². The normalized spacial score (nSPS) is 15.3. The highest BCUT2D eigenvalue weighted by molar-refractivity contribution is 7.99. The molecule has 0 spiro atoms. The van der Waals surface area contributed by atoms with Gasteiger partial charge < -0.3 is 4.42 Å². The number of nitrogens with zero attached hydrogens (tertiary/aromatic N) is 6. The van der Waals surface area contributed by atoms with E-state index < -0.39 is 0 Å². The van der Waals surface area contributed by atoms with E-state index in [1.54, 1.807) is 4.52 Å². The van der Waals surface area contributed by atoms with Gasteiger partial charge in [-0.1, -0.05) is 29.8 Å². The van der Waals surface area contributed by atoms with Gasteiger partial charge in [-0.3, -0.25) is 4.90 Å². The van der Waals surface area contributed by atoms with E-state index in [2.05, 4.69) is 20.2 Å². The van der Waals surface area contributed by atoms with Crippen molar-refractivity contribution in [3.8, 4) is 0 Å². The molecule has 0 N–H and O–H groups in total. The van der Waals surface area contributed by atoms with Crippen molar-refractivity contribution in [1.82, 2.24) is 29.7 Å². The number of hydrogen-bond donors (Lipinski definition) is 0. The second-order valence-electron chi connectivity index (χ2n) is 6.62.